The van der Waals surface area contributed by atoms with Crippen LogP contribution in [0.1, 0.15) is 0 Å². The monoisotopic (exact) mass is 360 g/mol. The number of hydrogen-bond donors (Lipinski definition) is 2. The zero-order valence-electron chi connectivity index (χ0n) is 8.42. The van der Waals surface area contributed by atoms with E-state index in [4.69, 9.17) is 5.73 Å². The Bertz CT molecular complexity index is 542. The van der Waals surface area contributed by atoms with Gasteiger partial charge in [0.1, 0.15) is 11.6 Å². The summed E-state index contributed by atoms with van der Waals surface area (Å²) < 4.78 is 14.8. The molecule has 0 atom stereocenters. The van der Waals surface area contributed by atoms with Crippen LogP contribution in [0.15, 0.2) is 33.3 Å². The standard InChI is InChI=1S/C10H7Br2FN4/c11-5-2-1-3-7(13)8(5)16-9-6(12)4-15-10(14)17-9/h1-4H,(H3,14,15,16,17). The summed E-state index contributed by atoms with van der Waals surface area (Å²) in [5, 5.41) is 2.85. The van der Waals surface area contributed by atoms with Gasteiger partial charge in [-0.3, -0.25) is 0 Å². The van der Waals surface area contributed by atoms with Crippen molar-refractivity contribution < 1.29 is 4.39 Å². The maximum absolute atomic E-state index is 13.6. The highest BCUT2D eigenvalue weighted by molar-refractivity contribution is 9.11. The van der Waals surface area contributed by atoms with Crippen LogP contribution in [0.25, 0.3) is 0 Å². The first-order valence-corrected chi connectivity index (χ1v) is 6.15. The molecule has 0 radical (unpaired) electrons. The van der Waals surface area contributed by atoms with E-state index in [1.54, 1.807) is 12.1 Å². The minimum absolute atomic E-state index is 0.114. The smallest absolute Gasteiger partial charge is 0.222 e. The van der Waals surface area contributed by atoms with Gasteiger partial charge in [0.25, 0.3) is 0 Å². The fraction of sp³-hybridized carbons (Fsp3) is 0. The zero-order valence-corrected chi connectivity index (χ0v) is 11.6. The second kappa shape index (κ2) is 4.97. The maximum atomic E-state index is 13.6. The summed E-state index contributed by atoms with van der Waals surface area (Å²) in [5.74, 6) is 0.134. The van der Waals surface area contributed by atoms with Crippen LogP contribution < -0.4 is 11.1 Å². The Kier molecular flexibility index (Phi) is 3.58. The molecule has 0 aliphatic heterocycles. The third-order valence-corrected chi connectivity index (χ3v) is 3.21. The number of nitrogens with one attached hydrogen (secondary N) is 1. The van der Waals surface area contributed by atoms with Gasteiger partial charge in [0, 0.05) is 10.7 Å². The molecule has 7 heteroatoms. The normalized spacial score (nSPS) is 10.3. The average molecular weight is 362 g/mol. The molecule has 0 saturated carbocycles. The molecule has 1 aromatic carbocycles. The number of nitrogen functional groups attached to an aromatic ring is 1. The molecular weight excluding hydrogens is 355 g/mol. The summed E-state index contributed by atoms with van der Waals surface area (Å²) in [5.41, 5.74) is 5.77. The van der Waals surface area contributed by atoms with Gasteiger partial charge in [-0.05, 0) is 44.0 Å². The van der Waals surface area contributed by atoms with E-state index in [9.17, 15) is 4.39 Å². The van der Waals surface area contributed by atoms with E-state index in [1.807, 2.05) is 0 Å². The SMILES string of the molecule is Nc1ncc(Br)c(Nc2c(F)cccc2Br)n1. The van der Waals surface area contributed by atoms with Gasteiger partial charge in [-0.25, -0.2) is 9.37 Å². The summed E-state index contributed by atoms with van der Waals surface area (Å²) in [7, 11) is 0. The first kappa shape index (κ1) is 12.3. The molecule has 2 rings (SSSR count). The van der Waals surface area contributed by atoms with Crippen molar-refractivity contribution in [2.24, 2.45) is 0 Å². The average Bonchev–Trinajstić information content (AvgIpc) is 2.28. The molecule has 88 valence electrons. The number of halogens is 3. The molecule has 0 saturated heterocycles. The van der Waals surface area contributed by atoms with E-state index >= 15 is 0 Å². The predicted octanol–water partition coefficient (Wildman–Crippen LogP) is 3.47. The molecule has 0 unspecified atom stereocenters. The maximum Gasteiger partial charge on any atom is 0.222 e. The van der Waals surface area contributed by atoms with E-state index in [-0.39, 0.29) is 11.8 Å². The predicted molar refractivity (Wildman–Crippen MR) is 71.5 cm³/mol. The first-order valence-electron chi connectivity index (χ1n) is 4.57. The molecule has 0 bridgehead atoms. The summed E-state index contributed by atoms with van der Waals surface area (Å²) in [6, 6.07) is 4.68. The van der Waals surface area contributed by atoms with Gasteiger partial charge in [-0.1, -0.05) is 6.07 Å². The number of nitrogens with zero attached hydrogens (tertiary/aromatic N) is 2. The van der Waals surface area contributed by atoms with Crippen molar-refractivity contribution in [1.82, 2.24) is 9.97 Å². The molecular formula is C10H7Br2FN4. The third-order valence-electron chi connectivity index (χ3n) is 1.97. The van der Waals surface area contributed by atoms with Gasteiger partial charge in [0.2, 0.25) is 5.95 Å². The second-order valence-electron chi connectivity index (χ2n) is 3.15. The Balaban J connectivity index is 2.41. The lowest BCUT2D eigenvalue weighted by atomic mass is 10.3. The van der Waals surface area contributed by atoms with E-state index < -0.39 is 0 Å². The van der Waals surface area contributed by atoms with Crippen molar-refractivity contribution in [1.29, 1.82) is 0 Å². The first-order chi connectivity index (χ1) is 8.08. The number of hydrogen-bond acceptors (Lipinski definition) is 4. The van der Waals surface area contributed by atoms with Crippen molar-refractivity contribution in [2.45, 2.75) is 0 Å². The van der Waals surface area contributed by atoms with Crippen LogP contribution in [0, 0.1) is 5.82 Å². The minimum atomic E-state index is -0.386. The molecule has 1 aromatic heterocycles. The molecule has 1 heterocycles. The summed E-state index contributed by atoms with van der Waals surface area (Å²) >= 11 is 6.51. The van der Waals surface area contributed by atoms with Crippen molar-refractivity contribution in [2.75, 3.05) is 11.1 Å². The lowest BCUT2D eigenvalue weighted by molar-refractivity contribution is 0.631. The van der Waals surface area contributed by atoms with Crippen LogP contribution in [-0.4, -0.2) is 9.97 Å². The summed E-state index contributed by atoms with van der Waals surface area (Å²) in [6.07, 6.45) is 1.50. The van der Waals surface area contributed by atoms with Gasteiger partial charge >= 0.3 is 0 Å². The topological polar surface area (TPSA) is 63.8 Å². The highest BCUT2D eigenvalue weighted by Crippen LogP contribution is 2.30. The largest absolute Gasteiger partial charge is 0.368 e. The number of benzene rings is 1. The Morgan fingerprint density at radius 1 is 1.24 bits per heavy atom. The lowest BCUT2D eigenvalue weighted by Crippen LogP contribution is -2.02. The molecule has 0 fully saturated rings. The quantitative estimate of drug-likeness (QED) is 0.859. The Labute approximate surface area is 114 Å². The molecule has 0 spiro atoms. The highest BCUT2D eigenvalue weighted by Gasteiger charge is 2.10. The number of nitrogens with two attached hydrogens (primary N) is 1. The van der Waals surface area contributed by atoms with E-state index in [0.29, 0.717) is 20.5 Å². The Hall–Kier alpha value is -1.21. The van der Waals surface area contributed by atoms with Gasteiger partial charge in [0.05, 0.1) is 10.2 Å². The number of anilines is 3. The van der Waals surface area contributed by atoms with Crippen molar-refractivity contribution >= 4 is 49.3 Å². The number of para-hydroxylation sites is 1. The highest BCUT2D eigenvalue weighted by atomic mass is 79.9. The van der Waals surface area contributed by atoms with Gasteiger partial charge in [-0.15, -0.1) is 0 Å². The number of aromatic nitrogens is 2. The molecule has 2 aromatic rings. The molecule has 3 N–H and O–H groups in total. The molecule has 17 heavy (non-hydrogen) atoms. The number of rotatable bonds is 2. The third kappa shape index (κ3) is 2.73. The van der Waals surface area contributed by atoms with Crippen LogP contribution >= 0.6 is 31.9 Å². The van der Waals surface area contributed by atoms with Gasteiger partial charge in [0.15, 0.2) is 0 Å². The van der Waals surface area contributed by atoms with Crippen LogP contribution in [0.2, 0.25) is 0 Å². The summed E-state index contributed by atoms with van der Waals surface area (Å²) in [6.45, 7) is 0. The van der Waals surface area contributed by atoms with Crippen LogP contribution in [-0.2, 0) is 0 Å². The Morgan fingerprint density at radius 3 is 2.71 bits per heavy atom. The van der Waals surface area contributed by atoms with Crippen LogP contribution in [0.5, 0.6) is 0 Å². The molecule has 4 nitrogen and oxygen atoms in total. The van der Waals surface area contributed by atoms with Crippen molar-refractivity contribution in [3.8, 4) is 0 Å². The molecule has 0 aliphatic rings. The summed E-state index contributed by atoms with van der Waals surface area (Å²) in [4.78, 5) is 7.77. The lowest BCUT2D eigenvalue weighted by Gasteiger charge is -2.10. The van der Waals surface area contributed by atoms with Crippen LogP contribution in [0.4, 0.5) is 21.8 Å². The minimum Gasteiger partial charge on any atom is -0.368 e. The Morgan fingerprint density at radius 2 is 2.00 bits per heavy atom. The van der Waals surface area contributed by atoms with Crippen LogP contribution in [0.3, 0.4) is 0 Å². The fourth-order valence-electron chi connectivity index (χ4n) is 1.20. The molecule has 0 amide bonds. The van der Waals surface area contributed by atoms with Crippen molar-refractivity contribution in [3.05, 3.63) is 39.2 Å². The fourth-order valence-corrected chi connectivity index (χ4v) is 1.94. The second-order valence-corrected chi connectivity index (χ2v) is 4.86. The van der Waals surface area contributed by atoms with Crippen molar-refractivity contribution in [3.63, 3.8) is 0 Å². The zero-order chi connectivity index (χ0) is 12.4. The molecule has 0 aliphatic carbocycles. The van der Waals surface area contributed by atoms with Gasteiger partial charge in [-0.2, -0.15) is 4.98 Å². The van der Waals surface area contributed by atoms with E-state index in [2.05, 4.69) is 47.1 Å². The van der Waals surface area contributed by atoms with E-state index in [0.717, 1.165) is 0 Å². The van der Waals surface area contributed by atoms with E-state index in [1.165, 1.54) is 12.3 Å². The van der Waals surface area contributed by atoms with Gasteiger partial charge < -0.3 is 11.1 Å².